The van der Waals surface area contributed by atoms with Crippen LogP contribution in [0, 0.1) is 0 Å². The van der Waals surface area contributed by atoms with Gasteiger partial charge in [-0.1, -0.05) is 28.9 Å². The van der Waals surface area contributed by atoms with Crippen molar-refractivity contribution in [2.24, 2.45) is 0 Å². The third-order valence-corrected chi connectivity index (χ3v) is 3.69. The molecule has 7 nitrogen and oxygen atoms in total. The minimum absolute atomic E-state index is 0.106. The van der Waals surface area contributed by atoms with Gasteiger partial charge in [-0.25, -0.2) is 0 Å². The lowest BCUT2D eigenvalue weighted by molar-refractivity contribution is -0.123. The fraction of sp³-hybridized carbons (Fsp3) is 0.167. The van der Waals surface area contributed by atoms with E-state index in [4.69, 9.17) is 25.6 Å². The van der Waals surface area contributed by atoms with Gasteiger partial charge < -0.3 is 19.3 Å². The molecule has 26 heavy (non-hydrogen) atoms. The number of para-hydroxylation sites is 2. The highest BCUT2D eigenvalue weighted by atomic mass is 35.5. The van der Waals surface area contributed by atoms with E-state index >= 15 is 0 Å². The number of benzene rings is 2. The van der Waals surface area contributed by atoms with E-state index in [0.717, 1.165) is 5.56 Å². The second-order valence-corrected chi connectivity index (χ2v) is 5.67. The number of amides is 1. The summed E-state index contributed by atoms with van der Waals surface area (Å²) in [4.78, 5) is 16.2. The lowest BCUT2D eigenvalue weighted by Gasteiger charge is -2.09. The maximum Gasteiger partial charge on any atom is 0.258 e. The number of nitrogens with one attached hydrogen (secondary N) is 1. The van der Waals surface area contributed by atoms with Crippen LogP contribution in [0.15, 0.2) is 53.1 Å². The summed E-state index contributed by atoms with van der Waals surface area (Å²) in [6.07, 6.45) is 0. The van der Waals surface area contributed by atoms with Crippen LogP contribution in [-0.2, 0) is 11.3 Å². The molecule has 0 aliphatic carbocycles. The van der Waals surface area contributed by atoms with Crippen molar-refractivity contribution in [3.8, 4) is 22.9 Å². The summed E-state index contributed by atoms with van der Waals surface area (Å²) >= 11 is 5.85. The molecule has 0 atom stereocenters. The Bertz CT molecular complexity index is 880. The third-order valence-electron chi connectivity index (χ3n) is 3.44. The van der Waals surface area contributed by atoms with Crippen molar-refractivity contribution in [1.29, 1.82) is 0 Å². The first kappa shape index (κ1) is 17.8. The molecule has 0 unspecified atom stereocenters. The van der Waals surface area contributed by atoms with Gasteiger partial charge in [0.1, 0.15) is 0 Å². The Morgan fingerprint density at radius 3 is 2.62 bits per heavy atom. The zero-order chi connectivity index (χ0) is 18.4. The molecule has 3 aromatic rings. The number of aromatic nitrogens is 2. The number of rotatable bonds is 7. The molecule has 0 spiro atoms. The fourth-order valence-corrected chi connectivity index (χ4v) is 2.28. The molecule has 1 N–H and O–H groups in total. The van der Waals surface area contributed by atoms with Crippen LogP contribution in [0.25, 0.3) is 11.4 Å². The Morgan fingerprint density at radius 1 is 1.15 bits per heavy atom. The quantitative estimate of drug-likeness (QED) is 0.684. The second-order valence-electron chi connectivity index (χ2n) is 5.23. The Balaban J connectivity index is 1.51. The molecular formula is C18H16ClN3O4. The van der Waals surface area contributed by atoms with Gasteiger partial charge in [0, 0.05) is 10.6 Å². The molecule has 1 aromatic heterocycles. The monoisotopic (exact) mass is 373 g/mol. The molecule has 1 amide bonds. The van der Waals surface area contributed by atoms with Crippen molar-refractivity contribution in [1.82, 2.24) is 15.5 Å². The van der Waals surface area contributed by atoms with Crippen LogP contribution < -0.4 is 14.8 Å². The maximum atomic E-state index is 11.9. The molecule has 0 aliphatic heterocycles. The number of methoxy groups -OCH3 is 1. The van der Waals surface area contributed by atoms with E-state index in [9.17, 15) is 4.79 Å². The fourth-order valence-electron chi connectivity index (χ4n) is 2.15. The van der Waals surface area contributed by atoms with Crippen molar-refractivity contribution >= 4 is 17.5 Å². The highest BCUT2D eigenvalue weighted by Gasteiger charge is 2.11. The molecule has 0 aliphatic rings. The van der Waals surface area contributed by atoms with Gasteiger partial charge in [0.2, 0.25) is 11.7 Å². The van der Waals surface area contributed by atoms with E-state index in [2.05, 4.69) is 15.5 Å². The molecule has 134 valence electrons. The Hall–Kier alpha value is -3.06. The van der Waals surface area contributed by atoms with E-state index in [-0.39, 0.29) is 19.1 Å². The topological polar surface area (TPSA) is 86.5 Å². The normalized spacial score (nSPS) is 10.4. The van der Waals surface area contributed by atoms with Gasteiger partial charge in [0.15, 0.2) is 18.1 Å². The van der Waals surface area contributed by atoms with Gasteiger partial charge in [-0.2, -0.15) is 4.98 Å². The van der Waals surface area contributed by atoms with Gasteiger partial charge >= 0.3 is 0 Å². The number of carbonyl (C=O) groups excluding carboxylic acids is 1. The van der Waals surface area contributed by atoms with E-state index < -0.39 is 0 Å². The summed E-state index contributed by atoms with van der Waals surface area (Å²) in [6.45, 7) is -0.0484. The molecule has 2 aromatic carbocycles. The van der Waals surface area contributed by atoms with E-state index in [1.54, 1.807) is 42.5 Å². The van der Waals surface area contributed by atoms with E-state index in [1.807, 2.05) is 6.07 Å². The first-order valence-electron chi connectivity index (χ1n) is 7.77. The largest absolute Gasteiger partial charge is 0.493 e. The zero-order valence-electron chi connectivity index (χ0n) is 13.9. The first-order chi connectivity index (χ1) is 12.7. The molecule has 0 saturated carbocycles. The third kappa shape index (κ3) is 4.52. The van der Waals surface area contributed by atoms with Crippen LogP contribution >= 0.6 is 11.6 Å². The van der Waals surface area contributed by atoms with Gasteiger partial charge in [-0.15, -0.1) is 0 Å². The molecule has 0 radical (unpaired) electrons. The standard InChI is InChI=1S/C18H16ClN3O4/c1-24-14-4-2-3-5-15(14)25-11-16(23)20-10-17-21-18(22-26-17)12-6-8-13(19)9-7-12/h2-9H,10-11H2,1H3,(H,20,23). The highest BCUT2D eigenvalue weighted by Crippen LogP contribution is 2.25. The lowest BCUT2D eigenvalue weighted by Crippen LogP contribution is -2.28. The summed E-state index contributed by atoms with van der Waals surface area (Å²) in [5.41, 5.74) is 0.773. The number of carbonyl (C=O) groups is 1. The van der Waals surface area contributed by atoms with Crippen LogP contribution in [0.1, 0.15) is 5.89 Å². The number of hydrogen-bond donors (Lipinski definition) is 1. The van der Waals surface area contributed by atoms with Gasteiger partial charge in [-0.05, 0) is 36.4 Å². The Labute approximate surface area is 154 Å². The smallest absolute Gasteiger partial charge is 0.258 e. The van der Waals surface area contributed by atoms with E-state index in [0.29, 0.717) is 28.2 Å². The molecule has 0 bridgehead atoms. The number of nitrogens with zero attached hydrogens (tertiary/aromatic N) is 2. The number of halogens is 1. The number of hydrogen-bond acceptors (Lipinski definition) is 6. The molecule has 3 rings (SSSR count). The zero-order valence-corrected chi connectivity index (χ0v) is 14.7. The van der Waals surface area contributed by atoms with Gasteiger partial charge in [0.25, 0.3) is 5.91 Å². The highest BCUT2D eigenvalue weighted by molar-refractivity contribution is 6.30. The van der Waals surface area contributed by atoms with Crippen LogP contribution in [0.5, 0.6) is 11.5 Å². The average Bonchev–Trinajstić information content (AvgIpc) is 3.14. The van der Waals surface area contributed by atoms with Gasteiger partial charge in [-0.3, -0.25) is 4.79 Å². The summed E-state index contributed by atoms with van der Waals surface area (Å²) in [5.74, 6) is 1.46. The predicted octanol–water partition coefficient (Wildman–Crippen LogP) is 3.09. The minimum Gasteiger partial charge on any atom is -0.493 e. The van der Waals surface area contributed by atoms with Crippen molar-refractivity contribution in [3.63, 3.8) is 0 Å². The predicted molar refractivity (Wildman–Crippen MR) is 95.1 cm³/mol. The van der Waals surface area contributed by atoms with Crippen LogP contribution in [0.2, 0.25) is 5.02 Å². The second kappa shape index (κ2) is 8.35. The van der Waals surface area contributed by atoms with Gasteiger partial charge in [0.05, 0.1) is 13.7 Å². The summed E-state index contributed by atoms with van der Waals surface area (Å²) in [6, 6.07) is 14.2. The van der Waals surface area contributed by atoms with Crippen LogP contribution in [0.4, 0.5) is 0 Å². The molecular weight excluding hydrogens is 358 g/mol. The summed E-state index contributed by atoms with van der Waals surface area (Å²) < 4.78 is 15.7. The van der Waals surface area contributed by atoms with Crippen molar-refractivity contribution in [3.05, 3.63) is 59.4 Å². The van der Waals surface area contributed by atoms with Crippen LogP contribution in [0.3, 0.4) is 0 Å². The van der Waals surface area contributed by atoms with E-state index in [1.165, 1.54) is 7.11 Å². The molecule has 0 fully saturated rings. The lowest BCUT2D eigenvalue weighted by atomic mass is 10.2. The Morgan fingerprint density at radius 2 is 1.88 bits per heavy atom. The van der Waals surface area contributed by atoms with Crippen molar-refractivity contribution in [2.45, 2.75) is 6.54 Å². The number of ether oxygens (including phenoxy) is 2. The van der Waals surface area contributed by atoms with Crippen LogP contribution in [-0.4, -0.2) is 29.8 Å². The van der Waals surface area contributed by atoms with Crippen molar-refractivity contribution in [2.75, 3.05) is 13.7 Å². The molecule has 1 heterocycles. The summed E-state index contributed by atoms with van der Waals surface area (Å²) in [7, 11) is 1.54. The van der Waals surface area contributed by atoms with Crippen molar-refractivity contribution < 1.29 is 18.8 Å². The molecule has 0 saturated heterocycles. The SMILES string of the molecule is COc1ccccc1OCC(=O)NCc1nc(-c2ccc(Cl)cc2)no1. The minimum atomic E-state index is -0.317. The Kier molecular flexibility index (Phi) is 5.70. The summed E-state index contributed by atoms with van der Waals surface area (Å²) in [5, 5.41) is 7.17. The maximum absolute atomic E-state index is 11.9. The first-order valence-corrected chi connectivity index (χ1v) is 8.14. The molecule has 8 heteroatoms. The average molecular weight is 374 g/mol.